The van der Waals surface area contributed by atoms with Gasteiger partial charge >= 0.3 is 0 Å². The number of nitriles is 1. The van der Waals surface area contributed by atoms with Crippen molar-refractivity contribution in [3.05, 3.63) is 143 Å². The molecule has 6 aromatic carbocycles. The van der Waals surface area contributed by atoms with E-state index >= 15 is 8.78 Å². The maximum atomic E-state index is 15.5. The van der Waals surface area contributed by atoms with Gasteiger partial charge in [0.2, 0.25) is 5.82 Å². The topological polar surface area (TPSA) is 33.6 Å². The molecule has 0 amide bonds. The number of benzene rings is 6. The number of halogens is 5. The van der Waals surface area contributed by atoms with Crippen molar-refractivity contribution in [1.29, 1.82) is 5.26 Å². The van der Waals surface area contributed by atoms with Gasteiger partial charge in [-0.1, -0.05) is 60.7 Å². The molecule has 0 N–H and O–H groups in total. The van der Waals surface area contributed by atoms with E-state index in [1.165, 1.54) is 12.1 Å². The zero-order chi connectivity index (χ0) is 32.7. The number of hydrogen-bond acceptors (Lipinski definition) is 1. The lowest BCUT2D eigenvalue weighted by atomic mass is 9.98. The normalized spacial score (nSPS) is 11.7. The van der Waals surface area contributed by atoms with Crippen LogP contribution in [0.1, 0.15) is 16.7 Å². The molecule has 0 radical (unpaired) electrons. The minimum atomic E-state index is -2.24. The van der Waals surface area contributed by atoms with Crippen LogP contribution in [0, 0.1) is 54.3 Å². The van der Waals surface area contributed by atoms with E-state index in [1.54, 1.807) is 0 Å². The molecular weight excluding hydrogens is 605 g/mol. The van der Waals surface area contributed by atoms with Crippen molar-refractivity contribution < 1.29 is 22.0 Å². The SMILES string of the molecule is Cc1ccc2c3ccccc3n(-c3cc(-c4c(F)c(F)c(F)c(F)c4F)cc(-n4c5ccccc5c5ccc(C)cc54)c3C#N)c2c1. The Morgan fingerprint density at radius 1 is 0.489 bits per heavy atom. The number of aryl methyl sites for hydroxylation is 2. The van der Waals surface area contributed by atoms with Crippen LogP contribution in [-0.4, -0.2) is 9.13 Å². The summed E-state index contributed by atoms with van der Waals surface area (Å²) in [5, 5.41) is 14.4. The molecule has 47 heavy (non-hydrogen) atoms. The van der Waals surface area contributed by atoms with E-state index in [0.29, 0.717) is 22.1 Å². The molecule has 0 aliphatic carbocycles. The predicted octanol–water partition coefficient (Wildman–Crippen LogP) is 10.7. The summed E-state index contributed by atoms with van der Waals surface area (Å²) in [6, 6.07) is 31.7. The summed E-state index contributed by atoms with van der Waals surface area (Å²) in [6.07, 6.45) is 0. The molecule has 0 aliphatic heterocycles. The minimum Gasteiger partial charge on any atom is -0.308 e. The summed E-state index contributed by atoms with van der Waals surface area (Å²) in [5.74, 6) is -10.3. The molecule has 0 spiro atoms. The van der Waals surface area contributed by atoms with Crippen molar-refractivity contribution in [3.8, 4) is 28.6 Å². The second-order valence-electron chi connectivity index (χ2n) is 11.7. The Bertz CT molecular complexity index is 2510. The Labute approximate surface area is 264 Å². The Morgan fingerprint density at radius 3 is 1.34 bits per heavy atom. The number of fused-ring (bicyclic) bond motifs is 6. The first-order valence-corrected chi connectivity index (χ1v) is 14.8. The number of para-hydroxylation sites is 2. The molecule has 228 valence electrons. The van der Waals surface area contributed by atoms with Gasteiger partial charge in [0.1, 0.15) is 11.6 Å². The number of aromatic nitrogens is 2. The first-order valence-electron chi connectivity index (χ1n) is 14.8. The van der Waals surface area contributed by atoms with Gasteiger partial charge in [-0.25, -0.2) is 22.0 Å². The maximum Gasteiger partial charge on any atom is 0.200 e. The van der Waals surface area contributed by atoms with Crippen molar-refractivity contribution in [2.45, 2.75) is 13.8 Å². The van der Waals surface area contributed by atoms with Crippen molar-refractivity contribution in [3.63, 3.8) is 0 Å². The van der Waals surface area contributed by atoms with Crippen molar-refractivity contribution in [2.24, 2.45) is 0 Å². The smallest absolute Gasteiger partial charge is 0.200 e. The van der Waals surface area contributed by atoms with Crippen LogP contribution < -0.4 is 0 Å². The molecule has 2 aromatic heterocycles. The van der Waals surface area contributed by atoms with Crippen LogP contribution in [0.15, 0.2) is 97.1 Å². The van der Waals surface area contributed by atoms with E-state index in [9.17, 15) is 18.4 Å². The fourth-order valence-corrected chi connectivity index (χ4v) is 6.76. The molecule has 8 heteroatoms. The second kappa shape index (κ2) is 10.3. The van der Waals surface area contributed by atoms with Crippen LogP contribution in [0.25, 0.3) is 66.1 Å². The Morgan fingerprint density at radius 2 is 0.894 bits per heavy atom. The average molecular weight is 628 g/mol. The van der Waals surface area contributed by atoms with E-state index in [-0.39, 0.29) is 22.5 Å². The molecule has 8 rings (SSSR count). The van der Waals surface area contributed by atoms with E-state index < -0.39 is 34.6 Å². The first kappa shape index (κ1) is 28.5. The van der Waals surface area contributed by atoms with Gasteiger partial charge in [0.15, 0.2) is 23.3 Å². The van der Waals surface area contributed by atoms with Crippen LogP contribution in [0.5, 0.6) is 0 Å². The monoisotopic (exact) mass is 627 g/mol. The molecule has 8 aromatic rings. The third-order valence-electron chi connectivity index (χ3n) is 8.85. The van der Waals surface area contributed by atoms with Gasteiger partial charge in [-0.05, 0) is 66.9 Å². The molecule has 3 nitrogen and oxygen atoms in total. The van der Waals surface area contributed by atoms with E-state index in [0.717, 1.165) is 32.7 Å². The van der Waals surface area contributed by atoms with Crippen molar-refractivity contribution in [2.75, 3.05) is 0 Å². The van der Waals surface area contributed by atoms with Gasteiger partial charge in [0, 0.05) is 21.5 Å². The van der Waals surface area contributed by atoms with Crippen LogP contribution in [0.2, 0.25) is 0 Å². The van der Waals surface area contributed by atoms with Gasteiger partial charge in [0.05, 0.1) is 39.0 Å². The van der Waals surface area contributed by atoms with Gasteiger partial charge in [-0.2, -0.15) is 5.26 Å². The molecule has 2 heterocycles. The summed E-state index contributed by atoms with van der Waals surface area (Å²) in [7, 11) is 0. The Balaban J connectivity index is 1.61. The standard InChI is InChI=1S/C39H22F5N3/c1-20-11-13-25-23-7-3-5-9-28(23)46(30(25)15-20)32-17-22(34-35(40)37(42)39(44)38(43)36(34)41)18-33(27(32)19-45)47-29-10-6-4-8-24(29)26-14-12-21(2)16-31(26)47/h3-18H,1-2H3. The van der Waals surface area contributed by atoms with Crippen LogP contribution in [-0.2, 0) is 0 Å². The first-order chi connectivity index (χ1) is 22.7. The van der Waals surface area contributed by atoms with Gasteiger partial charge < -0.3 is 9.13 Å². The predicted molar refractivity (Wildman–Crippen MR) is 175 cm³/mol. The average Bonchev–Trinajstić information content (AvgIpc) is 3.57. The van der Waals surface area contributed by atoms with Crippen molar-refractivity contribution in [1.82, 2.24) is 9.13 Å². The Kier molecular flexibility index (Phi) is 6.25. The highest BCUT2D eigenvalue weighted by Crippen LogP contribution is 2.42. The van der Waals surface area contributed by atoms with Crippen LogP contribution in [0.3, 0.4) is 0 Å². The highest BCUT2D eigenvalue weighted by molar-refractivity contribution is 6.11. The summed E-state index contributed by atoms with van der Waals surface area (Å²) in [4.78, 5) is 0. The summed E-state index contributed by atoms with van der Waals surface area (Å²) >= 11 is 0. The summed E-state index contributed by atoms with van der Waals surface area (Å²) in [5.41, 5.74) is 3.89. The zero-order valence-electron chi connectivity index (χ0n) is 25.0. The zero-order valence-corrected chi connectivity index (χ0v) is 25.0. The van der Waals surface area contributed by atoms with Gasteiger partial charge in [-0.3, -0.25) is 0 Å². The third kappa shape index (κ3) is 4.03. The molecule has 0 aliphatic rings. The lowest BCUT2D eigenvalue weighted by Crippen LogP contribution is -2.08. The quantitative estimate of drug-likeness (QED) is 0.109. The minimum absolute atomic E-state index is 0.144. The molecule has 0 unspecified atom stereocenters. The van der Waals surface area contributed by atoms with Crippen molar-refractivity contribution >= 4 is 43.6 Å². The van der Waals surface area contributed by atoms with E-state index in [1.807, 2.05) is 108 Å². The second-order valence-corrected chi connectivity index (χ2v) is 11.7. The lowest BCUT2D eigenvalue weighted by molar-refractivity contribution is 0.381. The van der Waals surface area contributed by atoms with E-state index in [4.69, 9.17) is 0 Å². The molecular formula is C39H22F5N3. The molecule has 0 bridgehead atoms. The molecule has 0 saturated heterocycles. The molecule has 0 saturated carbocycles. The van der Waals surface area contributed by atoms with Crippen LogP contribution in [0.4, 0.5) is 22.0 Å². The van der Waals surface area contributed by atoms with E-state index in [2.05, 4.69) is 6.07 Å². The fourth-order valence-electron chi connectivity index (χ4n) is 6.76. The fraction of sp³-hybridized carbons (Fsp3) is 0.0513. The maximum absolute atomic E-state index is 15.5. The Hall–Kier alpha value is -5.94. The molecule has 0 fully saturated rings. The summed E-state index contributed by atoms with van der Waals surface area (Å²) in [6.45, 7) is 3.84. The number of hydrogen-bond donors (Lipinski definition) is 0. The third-order valence-corrected chi connectivity index (χ3v) is 8.85. The summed E-state index contributed by atoms with van der Waals surface area (Å²) < 4.78 is 78.3. The van der Waals surface area contributed by atoms with Gasteiger partial charge in [0.25, 0.3) is 0 Å². The highest BCUT2D eigenvalue weighted by atomic mass is 19.2. The van der Waals surface area contributed by atoms with Crippen LogP contribution >= 0.6 is 0 Å². The largest absolute Gasteiger partial charge is 0.308 e. The molecule has 0 atom stereocenters. The number of nitrogens with zero attached hydrogens (tertiary/aromatic N) is 3. The number of rotatable bonds is 3. The van der Waals surface area contributed by atoms with Gasteiger partial charge in [-0.15, -0.1) is 0 Å². The highest BCUT2D eigenvalue weighted by Gasteiger charge is 2.29. The lowest BCUT2D eigenvalue weighted by Gasteiger charge is -2.19.